The summed E-state index contributed by atoms with van der Waals surface area (Å²) in [5.41, 5.74) is 0.957. The number of aromatic nitrogens is 1. The molecule has 0 unspecified atom stereocenters. The molecule has 8 nitrogen and oxygen atoms in total. The van der Waals surface area contributed by atoms with Gasteiger partial charge in [0, 0.05) is 17.1 Å². The van der Waals surface area contributed by atoms with Gasteiger partial charge < -0.3 is 19.5 Å². The molecule has 9 heteroatoms. The maximum Gasteiger partial charge on any atom is 0.259 e. The van der Waals surface area contributed by atoms with Crippen molar-refractivity contribution < 1.29 is 23.8 Å². The van der Waals surface area contributed by atoms with Crippen LogP contribution in [0.3, 0.4) is 0 Å². The van der Waals surface area contributed by atoms with Crippen molar-refractivity contribution in [1.82, 2.24) is 4.98 Å². The summed E-state index contributed by atoms with van der Waals surface area (Å²) in [6.07, 6.45) is 1.60. The largest absolute Gasteiger partial charge is 0.493 e. The van der Waals surface area contributed by atoms with Crippen LogP contribution in [0, 0.1) is 0 Å². The van der Waals surface area contributed by atoms with Gasteiger partial charge in [0.2, 0.25) is 5.75 Å². The number of rotatable bonds is 7. The number of methoxy groups -OCH3 is 3. The maximum absolute atomic E-state index is 12.8. The van der Waals surface area contributed by atoms with Gasteiger partial charge in [-0.15, -0.1) is 11.3 Å². The van der Waals surface area contributed by atoms with Crippen molar-refractivity contribution in [1.29, 1.82) is 0 Å². The minimum Gasteiger partial charge on any atom is -0.493 e. The van der Waals surface area contributed by atoms with Crippen molar-refractivity contribution in [3.8, 4) is 17.2 Å². The summed E-state index contributed by atoms with van der Waals surface area (Å²) in [4.78, 5) is 29.5. The number of thiazole rings is 1. The molecule has 1 aromatic heterocycles. The number of hydrogen-bond acceptors (Lipinski definition) is 7. The highest BCUT2D eigenvalue weighted by molar-refractivity contribution is 7.13. The third-order valence-corrected chi connectivity index (χ3v) is 4.69. The van der Waals surface area contributed by atoms with Crippen molar-refractivity contribution in [2.24, 2.45) is 0 Å². The molecule has 0 aliphatic carbocycles. The van der Waals surface area contributed by atoms with Gasteiger partial charge in [0.25, 0.3) is 11.8 Å². The zero-order chi connectivity index (χ0) is 20.8. The molecule has 1 heterocycles. The lowest BCUT2D eigenvalue weighted by Crippen LogP contribution is -2.18. The van der Waals surface area contributed by atoms with Gasteiger partial charge in [-0.25, -0.2) is 4.98 Å². The number of para-hydroxylation sites is 1. The van der Waals surface area contributed by atoms with E-state index in [2.05, 4.69) is 15.6 Å². The van der Waals surface area contributed by atoms with Crippen LogP contribution in [0.2, 0.25) is 0 Å². The topological polar surface area (TPSA) is 98.8 Å². The van der Waals surface area contributed by atoms with E-state index >= 15 is 0 Å². The Hall–Kier alpha value is -3.59. The Morgan fingerprint density at radius 1 is 0.931 bits per heavy atom. The molecular formula is C20H19N3O5S. The van der Waals surface area contributed by atoms with E-state index in [4.69, 9.17) is 14.2 Å². The van der Waals surface area contributed by atoms with Crippen molar-refractivity contribution in [2.45, 2.75) is 0 Å². The fourth-order valence-electron chi connectivity index (χ4n) is 2.65. The number of benzene rings is 2. The number of ether oxygens (including phenoxy) is 3. The molecule has 2 N–H and O–H groups in total. The third kappa shape index (κ3) is 4.46. The summed E-state index contributed by atoms with van der Waals surface area (Å²) < 4.78 is 15.8. The lowest BCUT2D eigenvalue weighted by Gasteiger charge is -2.15. The van der Waals surface area contributed by atoms with Gasteiger partial charge in [0.1, 0.15) is 0 Å². The van der Waals surface area contributed by atoms with Crippen LogP contribution in [0.4, 0.5) is 10.8 Å². The number of amides is 2. The van der Waals surface area contributed by atoms with E-state index in [1.54, 1.807) is 35.8 Å². The third-order valence-electron chi connectivity index (χ3n) is 4.00. The predicted octanol–water partition coefficient (Wildman–Crippen LogP) is 3.67. The first kappa shape index (κ1) is 20.2. The van der Waals surface area contributed by atoms with Gasteiger partial charge in [-0.1, -0.05) is 12.1 Å². The summed E-state index contributed by atoms with van der Waals surface area (Å²) in [6, 6.07) is 9.78. The van der Waals surface area contributed by atoms with E-state index in [-0.39, 0.29) is 11.5 Å². The molecule has 150 valence electrons. The van der Waals surface area contributed by atoms with Crippen molar-refractivity contribution in [2.75, 3.05) is 32.0 Å². The van der Waals surface area contributed by atoms with Gasteiger partial charge >= 0.3 is 0 Å². The number of carbonyl (C=O) groups excluding carboxylic acids is 2. The Morgan fingerprint density at radius 3 is 2.21 bits per heavy atom. The average molecular weight is 413 g/mol. The normalized spacial score (nSPS) is 10.2. The van der Waals surface area contributed by atoms with Gasteiger partial charge in [-0.05, 0) is 24.3 Å². The molecule has 0 aliphatic heterocycles. The van der Waals surface area contributed by atoms with Gasteiger partial charge in [0.15, 0.2) is 16.6 Å². The molecule has 3 rings (SSSR count). The Morgan fingerprint density at radius 2 is 1.62 bits per heavy atom. The molecule has 0 saturated carbocycles. The zero-order valence-electron chi connectivity index (χ0n) is 16.0. The van der Waals surface area contributed by atoms with Crippen molar-refractivity contribution in [3.63, 3.8) is 0 Å². The SMILES string of the molecule is COc1cc(C(=O)Nc2ccccc2C(=O)Nc2nccs2)cc(OC)c1OC. The van der Waals surface area contributed by atoms with Crippen LogP contribution in [0.15, 0.2) is 48.0 Å². The highest BCUT2D eigenvalue weighted by atomic mass is 32.1. The summed E-state index contributed by atoms with van der Waals surface area (Å²) in [6.45, 7) is 0. The second-order valence-electron chi connectivity index (χ2n) is 5.71. The smallest absolute Gasteiger partial charge is 0.259 e. The van der Waals surface area contributed by atoms with Crippen molar-refractivity contribution >= 4 is 34.0 Å². The van der Waals surface area contributed by atoms with E-state index in [0.29, 0.717) is 33.6 Å². The summed E-state index contributed by atoms with van der Waals surface area (Å²) in [7, 11) is 4.42. The van der Waals surface area contributed by atoms with Crippen LogP contribution in [0.25, 0.3) is 0 Å². The number of carbonyl (C=O) groups is 2. The summed E-state index contributed by atoms with van der Waals surface area (Å²) >= 11 is 1.30. The fourth-order valence-corrected chi connectivity index (χ4v) is 3.17. The maximum atomic E-state index is 12.8. The van der Waals surface area contributed by atoms with E-state index < -0.39 is 5.91 Å². The van der Waals surface area contributed by atoms with E-state index in [0.717, 1.165) is 0 Å². The molecule has 0 fully saturated rings. The van der Waals surface area contributed by atoms with E-state index in [9.17, 15) is 9.59 Å². The first-order chi connectivity index (χ1) is 14.1. The lowest BCUT2D eigenvalue weighted by molar-refractivity contribution is 0.102. The average Bonchev–Trinajstić information content (AvgIpc) is 3.25. The van der Waals surface area contributed by atoms with E-state index in [1.165, 1.54) is 44.8 Å². The molecule has 0 radical (unpaired) electrons. The van der Waals surface area contributed by atoms with Crippen LogP contribution in [0.5, 0.6) is 17.2 Å². The Labute approximate surface area is 171 Å². The molecule has 29 heavy (non-hydrogen) atoms. The van der Waals surface area contributed by atoms with Crippen LogP contribution >= 0.6 is 11.3 Å². The van der Waals surface area contributed by atoms with E-state index in [1.807, 2.05) is 0 Å². The molecule has 0 spiro atoms. The van der Waals surface area contributed by atoms with Gasteiger partial charge in [-0.2, -0.15) is 0 Å². The number of anilines is 2. The monoisotopic (exact) mass is 413 g/mol. The molecular weight excluding hydrogens is 394 g/mol. The number of nitrogens with zero attached hydrogens (tertiary/aromatic N) is 1. The zero-order valence-corrected chi connectivity index (χ0v) is 16.8. The van der Waals surface area contributed by atoms with Crippen LogP contribution in [-0.4, -0.2) is 38.1 Å². The molecule has 2 amide bonds. The fraction of sp³-hybridized carbons (Fsp3) is 0.150. The molecule has 0 atom stereocenters. The van der Waals surface area contributed by atoms with Crippen molar-refractivity contribution in [3.05, 3.63) is 59.1 Å². The summed E-state index contributed by atoms with van der Waals surface area (Å²) in [5, 5.41) is 7.69. The van der Waals surface area contributed by atoms with Gasteiger partial charge in [-0.3, -0.25) is 14.9 Å². The first-order valence-electron chi connectivity index (χ1n) is 8.48. The predicted molar refractivity (Wildman–Crippen MR) is 111 cm³/mol. The highest BCUT2D eigenvalue weighted by Gasteiger charge is 2.19. The second-order valence-corrected chi connectivity index (χ2v) is 6.60. The molecule has 0 aliphatic rings. The van der Waals surface area contributed by atoms with Crippen LogP contribution in [-0.2, 0) is 0 Å². The van der Waals surface area contributed by atoms with Gasteiger partial charge in [0.05, 0.1) is 32.6 Å². The van der Waals surface area contributed by atoms with Crippen LogP contribution < -0.4 is 24.8 Å². The second kappa shape index (κ2) is 9.07. The molecule has 3 aromatic rings. The minimum atomic E-state index is -0.432. The quantitative estimate of drug-likeness (QED) is 0.613. The number of nitrogens with one attached hydrogen (secondary N) is 2. The molecule has 0 saturated heterocycles. The minimum absolute atomic E-state index is 0.287. The Bertz CT molecular complexity index is 996. The standard InChI is InChI=1S/C20H19N3O5S/c1-26-15-10-12(11-16(27-2)17(15)28-3)18(24)22-14-7-5-4-6-13(14)19(25)23-20-21-8-9-29-20/h4-11H,1-3H3,(H,22,24)(H,21,23,25). The summed E-state index contributed by atoms with van der Waals surface area (Å²) in [5.74, 6) is 0.285. The highest BCUT2D eigenvalue weighted by Crippen LogP contribution is 2.38. The number of hydrogen-bond donors (Lipinski definition) is 2. The lowest BCUT2D eigenvalue weighted by atomic mass is 10.1. The molecule has 2 aromatic carbocycles. The molecule has 0 bridgehead atoms. The van der Waals surface area contributed by atoms with Crippen LogP contribution in [0.1, 0.15) is 20.7 Å². The Kier molecular flexibility index (Phi) is 6.30. The first-order valence-corrected chi connectivity index (χ1v) is 9.36. The Balaban J connectivity index is 1.87.